The first-order valence-corrected chi connectivity index (χ1v) is 11.1. The van der Waals surface area contributed by atoms with Crippen molar-refractivity contribution in [3.63, 3.8) is 0 Å². The largest absolute Gasteiger partial charge is 0.326 e. The van der Waals surface area contributed by atoms with E-state index >= 15 is 0 Å². The Labute approximate surface area is 173 Å². The molecule has 9 heteroatoms. The molecule has 2 N–H and O–H groups in total. The summed E-state index contributed by atoms with van der Waals surface area (Å²) < 4.78 is 23.0. The number of rotatable bonds is 5. The fourth-order valence-electron chi connectivity index (χ4n) is 2.73. The third kappa shape index (κ3) is 4.66. The lowest BCUT2D eigenvalue weighted by molar-refractivity contribution is -0.117. The van der Waals surface area contributed by atoms with Crippen molar-refractivity contribution in [2.75, 3.05) is 16.9 Å². The fraction of sp³-hybridized carbons (Fsp3) is 0.263. The molecule has 0 saturated heterocycles. The molecule has 2 aromatic rings. The molecule has 2 atom stereocenters. The van der Waals surface area contributed by atoms with Crippen LogP contribution in [0.2, 0.25) is 10.0 Å². The second kappa shape index (κ2) is 7.73. The van der Waals surface area contributed by atoms with Gasteiger partial charge in [0.05, 0.1) is 20.6 Å². The number of carbonyl (C=O) groups is 2. The molecule has 148 valence electrons. The average Bonchev–Trinajstić information content (AvgIpc) is 3.34. The lowest BCUT2D eigenvalue weighted by atomic mass is 10.2. The van der Waals surface area contributed by atoms with Crippen molar-refractivity contribution in [3.8, 4) is 0 Å². The molecule has 0 aromatic heterocycles. The lowest BCUT2D eigenvalue weighted by Crippen LogP contribution is -2.15. The third-order valence-electron chi connectivity index (χ3n) is 4.54. The zero-order valence-electron chi connectivity index (χ0n) is 15.1. The Morgan fingerprint density at radius 1 is 1.04 bits per heavy atom. The van der Waals surface area contributed by atoms with Gasteiger partial charge in [-0.15, -0.1) is 0 Å². The van der Waals surface area contributed by atoms with Crippen LogP contribution in [-0.2, 0) is 14.6 Å². The highest BCUT2D eigenvalue weighted by molar-refractivity contribution is 7.90. The molecule has 0 heterocycles. The summed E-state index contributed by atoms with van der Waals surface area (Å²) in [5, 5.41) is 5.73. The van der Waals surface area contributed by atoms with Gasteiger partial charge in [-0.3, -0.25) is 9.59 Å². The Balaban J connectivity index is 1.74. The quantitative estimate of drug-likeness (QED) is 0.726. The van der Waals surface area contributed by atoms with Crippen LogP contribution >= 0.6 is 23.2 Å². The Morgan fingerprint density at radius 2 is 1.57 bits per heavy atom. The molecule has 6 nitrogen and oxygen atoms in total. The van der Waals surface area contributed by atoms with Crippen LogP contribution in [0.4, 0.5) is 11.4 Å². The van der Waals surface area contributed by atoms with Crippen molar-refractivity contribution in [1.29, 1.82) is 0 Å². The van der Waals surface area contributed by atoms with E-state index in [9.17, 15) is 18.0 Å². The highest BCUT2D eigenvalue weighted by atomic mass is 35.5. The first kappa shape index (κ1) is 20.6. The summed E-state index contributed by atoms with van der Waals surface area (Å²) in [5.74, 6) is -0.194. The molecular weight excluding hydrogens is 423 g/mol. The summed E-state index contributed by atoms with van der Waals surface area (Å²) in [6.07, 6.45) is 1.95. The number of hydrogen-bond donors (Lipinski definition) is 2. The van der Waals surface area contributed by atoms with Crippen molar-refractivity contribution < 1.29 is 18.0 Å². The minimum absolute atomic E-state index is 0.00633. The Morgan fingerprint density at radius 3 is 2.04 bits per heavy atom. The zero-order valence-corrected chi connectivity index (χ0v) is 17.5. The number of amides is 2. The fourth-order valence-corrected chi connectivity index (χ4v) is 3.94. The Bertz CT molecular complexity index is 1030. The predicted octanol–water partition coefficient (Wildman–Crippen LogP) is 4.24. The van der Waals surface area contributed by atoms with Gasteiger partial charge in [0.15, 0.2) is 9.84 Å². The van der Waals surface area contributed by atoms with E-state index in [1.54, 1.807) is 0 Å². The van der Waals surface area contributed by atoms with E-state index in [1.165, 1.54) is 36.4 Å². The Kier molecular flexibility index (Phi) is 5.70. The van der Waals surface area contributed by atoms with Crippen LogP contribution in [0.25, 0.3) is 0 Å². The van der Waals surface area contributed by atoms with E-state index in [4.69, 9.17) is 23.2 Å². The number of carbonyl (C=O) groups excluding carboxylic acids is 2. The summed E-state index contributed by atoms with van der Waals surface area (Å²) in [5.41, 5.74) is 0.910. The van der Waals surface area contributed by atoms with E-state index in [0.29, 0.717) is 11.6 Å². The first-order chi connectivity index (χ1) is 13.1. The van der Waals surface area contributed by atoms with Crippen LogP contribution in [-0.4, -0.2) is 26.5 Å². The van der Waals surface area contributed by atoms with Gasteiger partial charge in [-0.05, 0) is 48.7 Å². The van der Waals surface area contributed by atoms with Crippen LogP contribution in [0, 0.1) is 11.8 Å². The van der Waals surface area contributed by atoms with E-state index in [0.717, 1.165) is 12.7 Å². The van der Waals surface area contributed by atoms with Crippen LogP contribution in [0.1, 0.15) is 23.7 Å². The molecule has 0 bridgehead atoms. The van der Waals surface area contributed by atoms with Crippen LogP contribution in [0.15, 0.2) is 41.3 Å². The van der Waals surface area contributed by atoms with Crippen molar-refractivity contribution in [2.24, 2.45) is 11.8 Å². The molecule has 28 heavy (non-hydrogen) atoms. The lowest BCUT2D eigenvalue weighted by Gasteiger charge is -2.12. The summed E-state index contributed by atoms with van der Waals surface area (Å²) in [6.45, 7) is 2.01. The van der Waals surface area contributed by atoms with E-state index in [2.05, 4.69) is 10.6 Å². The van der Waals surface area contributed by atoms with Gasteiger partial charge in [-0.2, -0.15) is 0 Å². The normalized spacial score (nSPS) is 18.4. The molecular formula is C19H18Cl2N2O4S. The molecule has 0 unspecified atom stereocenters. The van der Waals surface area contributed by atoms with E-state index < -0.39 is 15.7 Å². The van der Waals surface area contributed by atoms with E-state index in [1.807, 2.05) is 6.92 Å². The standard InChI is InChI=1S/C19H18Cl2N2O4S/c1-10-7-14(10)19(25)22-12-8-15(20)17(16(21)9-12)23-18(24)11-3-5-13(6-4-11)28(2,26)27/h3-6,8-10,14H,7H2,1-2H3,(H,22,25)(H,23,24)/t10-,14+/m0/s1. The highest BCUT2D eigenvalue weighted by Gasteiger charge is 2.39. The molecule has 1 fully saturated rings. The van der Waals surface area contributed by atoms with Crippen LogP contribution in [0.3, 0.4) is 0 Å². The summed E-state index contributed by atoms with van der Waals surface area (Å²) >= 11 is 12.5. The summed E-state index contributed by atoms with van der Waals surface area (Å²) in [6, 6.07) is 8.54. The molecule has 0 aliphatic heterocycles. The number of hydrogen-bond acceptors (Lipinski definition) is 4. The maximum absolute atomic E-state index is 12.4. The number of benzene rings is 2. The number of halogens is 2. The van der Waals surface area contributed by atoms with Gasteiger partial charge in [0, 0.05) is 23.4 Å². The van der Waals surface area contributed by atoms with Crippen LogP contribution < -0.4 is 10.6 Å². The van der Waals surface area contributed by atoms with Gasteiger partial charge >= 0.3 is 0 Å². The van der Waals surface area contributed by atoms with Crippen LogP contribution in [0.5, 0.6) is 0 Å². The topological polar surface area (TPSA) is 92.3 Å². The number of anilines is 2. The summed E-state index contributed by atoms with van der Waals surface area (Å²) in [7, 11) is -3.35. The zero-order chi connectivity index (χ0) is 20.6. The second-order valence-corrected chi connectivity index (χ2v) is 9.70. The maximum Gasteiger partial charge on any atom is 0.255 e. The average molecular weight is 441 g/mol. The molecule has 0 radical (unpaired) electrons. The van der Waals surface area contributed by atoms with Gasteiger partial charge in [0.25, 0.3) is 5.91 Å². The molecule has 2 aromatic carbocycles. The van der Waals surface area contributed by atoms with Crippen molar-refractivity contribution in [1.82, 2.24) is 0 Å². The van der Waals surface area contributed by atoms with E-state index in [-0.39, 0.29) is 38.0 Å². The Hall–Kier alpha value is -2.09. The SMILES string of the molecule is C[C@H]1C[C@H]1C(=O)Nc1cc(Cl)c(NC(=O)c2ccc(S(C)(=O)=O)cc2)c(Cl)c1. The van der Waals surface area contributed by atoms with Gasteiger partial charge in [0.2, 0.25) is 5.91 Å². The van der Waals surface area contributed by atoms with Gasteiger partial charge in [0.1, 0.15) is 0 Å². The number of nitrogens with one attached hydrogen (secondary N) is 2. The minimum atomic E-state index is -3.35. The molecule has 1 saturated carbocycles. The molecule has 3 rings (SSSR count). The first-order valence-electron chi connectivity index (χ1n) is 8.47. The van der Waals surface area contributed by atoms with Crippen molar-refractivity contribution >= 4 is 56.2 Å². The van der Waals surface area contributed by atoms with Gasteiger partial charge < -0.3 is 10.6 Å². The predicted molar refractivity (Wildman–Crippen MR) is 110 cm³/mol. The molecule has 1 aliphatic rings. The van der Waals surface area contributed by atoms with Crippen molar-refractivity contribution in [2.45, 2.75) is 18.2 Å². The van der Waals surface area contributed by atoms with Gasteiger partial charge in [-0.25, -0.2) is 8.42 Å². The van der Waals surface area contributed by atoms with Crippen molar-refractivity contribution in [3.05, 3.63) is 52.0 Å². The maximum atomic E-state index is 12.4. The monoisotopic (exact) mass is 440 g/mol. The highest BCUT2D eigenvalue weighted by Crippen LogP contribution is 2.39. The third-order valence-corrected chi connectivity index (χ3v) is 6.26. The molecule has 2 amide bonds. The number of sulfone groups is 1. The second-order valence-electron chi connectivity index (χ2n) is 6.87. The molecule has 1 aliphatic carbocycles. The summed E-state index contributed by atoms with van der Waals surface area (Å²) in [4.78, 5) is 24.6. The molecule has 0 spiro atoms. The smallest absolute Gasteiger partial charge is 0.255 e. The minimum Gasteiger partial charge on any atom is -0.326 e. The van der Waals surface area contributed by atoms with Gasteiger partial charge in [-0.1, -0.05) is 30.1 Å².